The minimum Gasteiger partial charge on any atom is -0.352 e. The van der Waals surface area contributed by atoms with Crippen LogP contribution in [0.1, 0.15) is 34.3 Å². The van der Waals surface area contributed by atoms with Gasteiger partial charge in [-0.2, -0.15) is 0 Å². The Kier molecular flexibility index (Phi) is 6.19. The number of nitrogens with one attached hydrogen (secondary N) is 1. The molecule has 0 unspecified atom stereocenters. The smallest absolute Gasteiger partial charge is 0.273 e. The number of carbonyl (C=O) groups excluding carboxylic acids is 1. The lowest BCUT2D eigenvalue weighted by molar-refractivity contribution is -0.385. The normalized spacial score (nSPS) is 15.4. The van der Waals surface area contributed by atoms with E-state index >= 15 is 0 Å². The van der Waals surface area contributed by atoms with Gasteiger partial charge < -0.3 is 5.32 Å². The lowest BCUT2D eigenvalue weighted by Gasteiger charge is -2.32. The van der Waals surface area contributed by atoms with Gasteiger partial charge in [0.15, 0.2) is 0 Å². The second-order valence-corrected chi connectivity index (χ2v) is 7.17. The Bertz CT molecular complexity index is 800. The standard InChI is InChI=1S/C21H25N3O3/c1-16-7-8-19(13-20(16)24(26)27)21(25)22-14-17-9-11-23(12-10-17)15-18-5-3-2-4-6-18/h2-8,13,17H,9-12,14-15H2,1H3,(H,22,25). The van der Waals surface area contributed by atoms with Crippen molar-refractivity contribution in [1.82, 2.24) is 10.2 Å². The molecule has 2 aromatic rings. The Morgan fingerprint density at radius 1 is 1.19 bits per heavy atom. The van der Waals surface area contributed by atoms with Crippen LogP contribution in [0.2, 0.25) is 0 Å². The van der Waals surface area contributed by atoms with E-state index in [1.807, 2.05) is 6.07 Å². The van der Waals surface area contributed by atoms with Gasteiger partial charge in [0.25, 0.3) is 11.6 Å². The number of carbonyl (C=O) groups is 1. The molecule has 2 aromatic carbocycles. The summed E-state index contributed by atoms with van der Waals surface area (Å²) in [6.45, 7) is 5.28. The number of nitro groups is 1. The van der Waals surface area contributed by atoms with Gasteiger partial charge in [0.05, 0.1) is 4.92 Å². The van der Waals surface area contributed by atoms with Crippen molar-refractivity contribution in [2.24, 2.45) is 5.92 Å². The third kappa shape index (κ3) is 5.14. The van der Waals surface area contributed by atoms with Crippen LogP contribution in [0.4, 0.5) is 5.69 Å². The third-order valence-corrected chi connectivity index (χ3v) is 5.18. The molecule has 6 heteroatoms. The molecule has 1 amide bonds. The van der Waals surface area contributed by atoms with Crippen molar-refractivity contribution in [2.75, 3.05) is 19.6 Å². The monoisotopic (exact) mass is 367 g/mol. The lowest BCUT2D eigenvalue weighted by atomic mass is 9.96. The van der Waals surface area contributed by atoms with Crippen molar-refractivity contribution in [3.8, 4) is 0 Å². The number of amides is 1. The number of nitro benzene ring substituents is 1. The molecule has 1 aliphatic heterocycles. The first-order valence-corrected chi connectivity index (χ1v) is 9.32. The van der Waals surface area contributed by atoms with E-state index in [1.165, 1.54) is 11.6 Å². The van der Waals surface area contributed by atoms with Gasteiger partial charge in [0, 0.05) is 30.3 Å². The highest BCUT2D eigenvalue weighted by atomic mass is 16.6. The summed E-state index contributed by atoms with van der Waals surface area (Å²) in [7, 11) is 0. The van der Waals surface area contributed by atoms with E-state index in [-0.39, 0.29) is 11.6 Å². The van der Waals surface area contributed by atoms with Crippen LogP contribution in [0.25, 0.3) is 0 Å². The van der Waals surface area contributed by atoms with Crippen LogP contribution < -0.4 is 5.32 Å². The number of nitrogens with zero attached hydrogens (tertiary/aromatic N) is 2. The molecule has 0 saturated carbocycles. The van der Waals surface area contributed by atoms with Gasteiger partial charge >= 0.3 is 0 Å². The first-order chi connectivity index (χ1) is 13.0. The van der Waals surface area contributed by atoms with E-state index in [0.717, 1.165) is 32.5 Å². The lowest BCUT2D eigenvalue weighted by Crippen LogP contribution is -2.38. The molecule has 0 aromatic heterocycles. The first kappa shape index (κ1) is 19.0. The number of piperidine rings is 1. The molecule has 1 saturated heterocycles. The van der Waals surface area contributed by atoms with Crippen molar-refractivity contribution in [3.63, 3.8) is 0 Å². The van der Waals surface area contributed by atoms with Crippen molar-refractivity contribution >= 4 is 11.6 Å². The molecule has 0 spiro atoms. The fourth-order valence-electron chi connectivity index (χ4n) is 3.48. The maximum Gasteiger partial charge on any atom is 0.273 e. The summed E-state index contributed by atoms with van der Waals surface area (Å²) < 4.78 is 0. The Hall–Kier alpha value is -2.73. The quantitative estimate of drug-likeness (QED) is 0.626. The summed E-state index contributed by atoms with van der Waals surface area (Å²) >= 11 is 0. The fourth-order valence-corrected chi connectivity index (χ4v) is 3.48. The predicted molar refractivity (Wildman–Crippen MR) is 105 cm³/mol. The van der Waals surface area contributed by atoms with Crippen LogP contribution in [0.5, 0.6) is 0 Å². The molecular weight excluding hydrogens is 342 g/mol. The summed E-state index contributed by atoms with van der Waals surface area (Å²) in [6, 6.07) is 15.1. The molecule has 1 N–H and O–H groups in total. The Morgan fingerprint density at radius 3 is 2.56 bits per heavy atom. The molecule has 0 radical (unpaired) electrons. The zero-order chi connectivity index (χ0) is 19.2. The van der Waals surface area contributed by atoms with E-state index in [1.54, 1.807) is 19.1 Å². The van der Waals surface area contributed by atoms with Gasteiger partial charge in [-0.05, 0) is 50.4 Å². The van der Waals surface area contributed by atoms with E-state index in [9.17, 15) is 14.9 Å². The molecular formula is C21H25N3O3. The van der Waals surface area contributed by atoms with Crippen LogP contribution in [0, 0.1) is 23.0 Å². The predicted octanol–water partition coefficient (Wildman–Crippen LogP) is 3.55. The molecule has 27 heavy (non-hydrogen) atoms. The van der Waals surface area contributed by atoms with Gasteiger partial charge in [-0.25, -0.2) is 0 Å². The largest absolute Gasteiger partial charge is 0.352 e. The molecule has 6 nitrogen and oxygen atoms in total. The number of hydrogen-bond acceptors (Lipinski definition) is 4. The van der Waals surface area contributed by atoms with Gasteiger partial charge in [0.2, 0.25) is 0 Å². The topological polar surface area (TPSA) is 75.5 Å². The Morgan fingerprint density at radius 2 is 1.89 bits per heavy atom. The van der Waals surface area contributed by atoms with Gasteiger partial charge in [-0.15, -0.1) is 0 Å². The highest BCUT2D eigenvalue weighted by Gasteiger charge is 2.21. The highest BCUT2D eigenvalue weighted by Crippen LogP contribution is 2.20. The van der Waals surface area contributed by atoms with Crippen LogP contribution in [0.3, 0.4) is 0 Å². The zero-order valence-corrected chi connectivity index (χ0v) is 15.6. The van der Waals surface area contributed by atoms with Crippen LogP contribution in [-0.2, 0) is 6.54 Å². The van der Waals surface area contributed by atoms with E-state index < -0.39 is 4.92 Å². The molecule has 142 valence electrons. The third-order valence-electron chi connectivity index (χ3n) is 5.18. The number of aryl methyl sites for hydroxylation is 1. The van der Waals surface area contributed by atoms with Crippen LogP contribution in [0.15, 0.2) is 48.5 Å². The molecule has 1 fully saturated rings. The summed E-state index contributed by atoms with van der Waals surface area (Å²) in [4.78, 5) is 25.4. The fraction of sp³-hybridized carbons (Fsp3) is 0.381. The van der Waals surface area contributed by atoms with Gasteiger partial charge in [-0.1, -0.05) is 36.4 Å². The summed E-state index contributed by atoms with van der Waals surface area (Å²) in [5.74, 6) is 0.200. The van der Waals surface area contributed by atoms with Gasteiger partial charge in [0.1, 0.15) is 0 Å². The summed E-state index contributed by atoms with van der Waals surface area (Å²) in [5, 5.41) is 14.0. The van der Waals surface area contributed by atoms with Crippen molar-refractivity contribution in [3.05, 3.63) is 75.3 Å². The van der Waals surface area contributed by atoms with Gasteiger partial charge in [-0.3, -0.25) is 19.8 Å². The number of hydrogen-bond donors (Lipinski definition) is 1. The minimum atomic E-state index is -0.450. The van der Waals surface area contributed by atoms with E-state index in [2.05, 4.69) is 34.5 Å². The molecule has 3 rings (SSSR count). The summed E-state index contributed by atoms with van der Waals surface area (Å²) in [5.41, 5.74) is 2.21. The van der Waals surface area contributed by atoms with Crippen LogP contribution in [-0.4, -0.2) is 35.4 Å². The molecule has 1 aliphatic rings. The van der Waals surface area contributed by atoms with E-state index in [4.69, 9.17) is 0 Å². The molecule has 1 heterocycles. The SMILES string of the molecule is Cc1ccc(C(=O)NCC2CCN(Cc3ccccc3)CC2)cc1[N+](=O)[O-]. The molecule has 0 aliphatic carbocycles. The average Bonchev–Trinajstić information content (AvgIpc) is 2.68. The number of likely N-dealkylation sites (tertiary alicyclic amines) is 1. The van der Waals surface area contributed by atoms with Crippen LogP contribution >= 0.6 is 0 Å². The van der Waals surface area contributed by atoms with Crippen molar-refractivity contribution in [1.29, 1.82) is 0 Å². The second kappa shape index (κ2) is 8.77. The molecule has 0 bridgehead atoms. The first-order valence-electron chi connectivity index (χ1n) is 9.32. The molecule has 0 atom stereocenters. The summed E-state index contributed by atoms with van der Waals surface area (Å²) in [6.07, 6.45) is 2.09. The van der Waals surface area contributed by atoms with Crippen molar-refractivity contribution < 1.29 is 9.72 Å². The minimum absolute atomic E-state index is 0.0168. The van der Waals surface area contributed by atoms with Crippen molar-refractivity contribution in [2.45, 2.75) is 26.3 Å². The zero-order valence-electron chi connectivity index (χ0n) is 15.6. The maximum atomic E-state index is 12.3. The average molecular weight is 367 g/mol. The number of benzene rings is 2. The Balaban J connectivity index is 1.46. The second-order valence-electron chi connectivity index (χ2n) is 7.17. The number of rotatable bonds is 6. The Labute approximate surface area is 159 Å². The van der Waals surface area contributed by atoms with E-state index in [0.29, 0.717) is 23.6 Å². The highest BCUT2D eigenvalue weighted by molar-refractivity contribution is 5.94. The maximum absolute atomic E-state index is 12.3.